The topological polar surface area (TPSA) is 134 Å². The second-order valence-electron chi connectivity index (χ2n) is 13.4. The zero-order valence-electron chi connectivity index (χ0n) is 29.4. The third-order valence-corrected chi connectivity index (χ3v) is 10.5. The number of nitrogens with zero attached hydrogens (tertiary/aromatic N) is 4. The average Bonchev–Trinajstić information content (AvgIpc) is 3.14. The summed E-state index contributed by atoms with van der Waals surface area (Å²) in [6.07, 6.45) is 5.12. The van der Waals surface area contributed by atoms with E-state index in [1.165, 1.54) is 6.20 Å². The van der Waals surface area contributed by atoms with Crippen molar-refractivity contribution in [3.8, 4) is 40.2 Å². The molecule has 1 saturated heterocycles. The molecule has 274 valence electrons. The van der Waals surface area contributed by atoms with Crippen LogP contribution in [0.5, 0.6) is 23.0 Å². The van der Waals surface area contributed by atoms with Gasteiger partial charge in [0.2, 0.25) is 0 Å². The molecule has 13 heteroatoms. The van der Waals surface area contributed by atoms with Crippen LogP contribution in [0.15, 0.2) is 67.0 Å². The van der Waals surface area contributed by atoms with Gasteiger partial charge in [-0.2, -0.15) is 13.7 Å². The van der Waals surface area contributed by atoms with Gasteiger partial charge >= 0.3 is 0 Å². The van der Waals surface area contributed by atoms with E-state index in [9.17, 15) is 18.2 Å². The van der Waals surface area contributed by atoms with Gasteiger partial charge in [0, 0.05) is 49.2 Å². The Kier molecular flexibility index (Phi) is 12.2. The standard InChI is InChI=1S/C39H43ClN4O7S/c1-27-32(4-3-5-34(27)31-6-7-36-39(18-31)49-14-13-48-36)26-51-38-19-37(50-25-30-16-29(20-41)21-42-22-30)33(17-35(38)40)24-44(12-15-52(45,46)47)23-28-8-10-43(2)11-9-28/h3-7,16-19,21-22,28H,8-15,23-26H2,1-2H3,(H,45,46,47). The number of aromatic nitrogens is 1. The van der Waals surface area contributed by atoms with Crippen molar-refractivity contribution in [2.45, 2.75) is 39.5 Å². The Labute approximate surface area is 310 Å². The van der Waals surface area contributed by atoms with Crippen molar-refractivity contribution in [2.75, 3.05) is 52.2 Å². The highest BCUT2D eigenvalue weighted by Gasteiger charge is 2.23. The van der Waals surface area contributed by atoms with E-state index in [2.05, 4.69) is 36.0 Å². The fourth-order valence-electron chi connectivity index (χ4n) is 6.58. The molecule has 1 N–H and O–H groups in total. The summed E-state index contributed by atoms with van der Waals surface area (Å²) in [4.78, 5) is 8.48. The van der Waals surface area contributed by atoms with Gasteiger partial charge in [0.25, 0.3) is 10.1 Å². The van der Waals surface area contributed by atoms with Crippen LogP contribution in [0.1, 0.15) is 40.7 Å². The van der Waals surface area contributed by atoms with Crippen LogP contribution in [0.2, 0.25) is 5.02 Å². The number of likely N-dealkylation sites (tertiary alicyclic amines) is 1. The van der Waals surface area contributed by atoms with Crippen molar-refractivity contribution in [3.63, 3.8) is 0 Å². The normalized spacial score (nSPS) is 15.0. The zero-order chi connectivity index (χ0) is 36.7. The minimum absolute atomic E-state index is 0.132. The number of hydrogen-bond acceptors (Lipinski definition) is 10. The van der Waals surface area contributed by atoms with Gasteiger partial charge in [0.15, 0.2) is 11.5 Å². The second kappa shape index (κ2) is 17.0. The SMILES string of the molecule is Cc1c(COc2cc(OCc3cncc(C#N)c3)c(CN(CCS(=O)(=O)O)CC3CCN(C)CC3)cc2Cl)cccc1-c1ccc2c(c1)OCCO2. The van der Waals surface area contributed by atoms with Gasteiger partial charge in [0.05, 0.1) is 16.3 Å². The largest absolute Gasteiger partial charge is 0.488 e. The summed E-state index contributed by atoms with van der Waals surface area (Å²) in [5.41, 5.74) is 5.96. The number of halogens is 1. The molecule has 1 aromatic heterocycles. The Morgan fingerprint density at radius 1 is 1.00 bits per heavy atom. The smallest absolute Gasteiger partial charge is 0.266 e. The molecule has 0 bridgehead atoms. The molecule has 2 aliphatic rings. The maximum Gasteiger partial charge on any atom is 0.266 e. The summed E-state index contributed by atoms with van der Waals surface area (Å²) in [6.45, 7) is 6.56. The number of fused-ring (bicyclic) bond motifs is 1. The number of benzene rings is 3. The van der Waals surface area contributed by atoms with Gasteiger partial charge in [-0.25, -0.2) is 0 Å². The third kappa shape index (κ3) is 9.93. The summed E-state index contributed by atoms with van der Waals surface area (Å²) in [5.74, 6) is 2.38. The lowest BCUT2D eigenvalue weighted by Crippen LogP contribution is -2.38. The van der Waals surface area contributed by atoms with Crippen LogP contribution in [-0.4, -0.2) is 79.9 Å². The van der Waals surface area contributed by atoms with E-state index >= 15 is 0 Å². The summed E-state index contributed by atoms with van der Waals surface area (Å²) in [7, 11) is -2.07. The first-order valence-electron chi connectivity index (χ1n) is 17.3. The van der Waals surface area contributed by atoms with Crippen LogP contribution in [0.4, 0.5) is 0 Å². The maximum absolute atomic E-state index is 11.8. The third-order valence-electron chi connectivity index (χ3n) is 9.53. The van der Waals surface area contributed by atoms with Crippen molar-refractivity contribution >= 4 is 21.7 Å². The Balaban J connectivity index is 1.25. The molecule has 6 rings (SSSR count). The molecule has 0 spiro atoms. The lowest BCUT2D eigenvalue weighted by Gasteiger charge is -2.33. The quantitative estimate of drug-likeness (QED) is 0.141. The molecule has 0 atom stereocenters. The lowest BCUT2D eigenvalue weighted by molar-refractivity contribution is 0.159. The van der Waals surface area contributed by atoms with Crippen LogP contribution in [0, 0.1) is 24.2 Å². The van der Waals surface area contributed by atoms with E-state index in [0.717, 1.165) is 65.2 Å². The average molecular weight is 747 g/mol. The first-order valence-corrected chi connectivity index (χ1v) is 19.3. The number of nitriles is 1. The second-order valence-corrected chi connectivity index (χ2v) is 15.4. The molecule has 4 aromatic rings. The first-order chi connectivity index (χ1) is 25.0. The molecule has 52 heavy (non-hydrogen) atoms. The van der Waals surface area contributed by atoms with Crippen LogP contribution in [-0.2, 0) is 29.9 Å². The summed E-state index contributed by atoms with van der Waals surface area (Å²) < 4.78 is 57.4. The minimum atomic E-state index is -4.17. The highest BCUT2D eigenvalue weighted by atomic mass is 35.5. The number of hydrogen-bond donors (Lipinski definition) is 1. The minimum Gasteiger partial charge on any atom is -0.488 e. The number of piperidine rings is 1. The van der Waals surface area contributed by atoms with Gasteiger partial charge in [-0.05, 0) is 92.3 Å². The molecule has 2 aliphatic heterocycles. The molecular formula is C39H43ClN4O7S. The molecule has 0 saturated carbocycles. The Hall–Kier alpha value is -4.38. The first kappa shape index (κ1) is 37.4. The van der Waals surface area contributed by atoms with E-state index < -0.39 is 10.1 Å². The fraction of sp³-hybridized carbons (Fsp3) is 0.385. The van der Waals surface area contributed by atoms with Crippen LogP contribution >= 0.6 is 11.6 Å². The van der Waals surface area contributed by atoms with Crippen LogP contribution < -0.4 is 18.9 Å². The maximum atomic E-state index is 11.8. The lowest BCUT2D eigenvalue weighted by atomic mass is 9.96. The van der Waals surface area contributed by atoms with Crippen molar-refractivity contribution < 1.29 is 31.9 Å². The van der Waals surface area contributed by atoms with E-state index in [1.54, 1.807) is 24.4 Å². The highest BCUT2D eigenvalue weighted by molar-refractivity contribution is 7.85. The highest BCUT2D eigenvalue weighted by Crippen LogP contribution is 2.38. The Morgan fingerprint density at radius 3 is 2.54 bits per heavy atom. The molecule has 0 amide bonds. The van der Waals surface area contributed by atoms with Crippen molar-refractivity contribution in [3.05, 3.63) is 99.8 Å². The summed E-state index contributed by atoms with van der Waals surface area (Å²) in [5, 5.41) is 9.75. The molecule has 0 radical (unpaired) electrons. The number of ether oxygens (including phenoxy) is 4. The molecule has 3 aromatic carbocycles. The molecule has 11 nitrogen and oxygen atoms in total. The van der Waals surface area contributed by atoms with Gasteiger partial charge < -0.3 is 23.8 Å². The van der Waals surface area contributed by atoms with Gasteiger partial charge in [-0.3, -0.25) is 14.4 Å². The molecular weight excluding hydrogens is 704 g/mol. The van der Waals surface area contributed by atoms with Crippen LogP contribution in [0.25, 0.3) is 11.1 Å². The van der Waals surface area contributed by atoms with Gasteiger partial charge in [-0.1, -0.05) is 35.9 Å². The van der Waals surface area contributed by atoms with E-state index in [-0.39, 0.29) is 25.5 Å². The van der Waals surface area contributed by atoms with Gasteiger partial charge in [-0.15, -0.1) is 0 Å². The van der Waals surface area contributed by atoms with Crippen molar-refractivity contribution in [1.29, 1.82) is 5.26 Å². The predicted molar refractivity (Wildman–Crippen MR) is 199 cm³/mol. The Morgan fingerprint density at radius 2 is 1.77 bits per heavy atom. The molecule has 3 heterocycles. The van der Waals surface area contributed by atoms with E-state index in [0.29, 0.717) is 59.9 Å². The van der Waals surface area contributed by atoms with Crippen LogP contribution in [0.3, 0.4) is 0 Å². The van der Waals surface area contributed by atoms with E-state index in [1.807, 2.05) is 35.2 Å². The van der Waals surface area contributed by atoms with E-state index in [4.69, 9.17) is 30.5 Å². The summed E-state index contributed by atoms with van der Waals surface area (Å²) >= 11 is 6.89. The zero-order valence-corrected chi connectivity index (χ0v) is 31.0. The monoisotopic (exact) mass is 746 g/mol. The summed E-state index contributed by atoms with van der Waals surface area (Å²) in [6, 6.07) is 19.4. The Bertz CT molecular complexity index is 2030. The predicted octanol–water partition coefficient (Wildman–Crippen LogP) is 6.54. The van der Waals surface area contributed by atoms with Crippen molar-refractivity contribution in [1.82, 2.24) is 14.8 Å². The fourth-order valence-corrected chi connectivity index (χ4v) is 7.31. The number of pyridine rings is 1. The molecule has 0 unspecified atom stereocenters. The molecule has 0 aliphatic carbocycles. The van der Waals surface area contributed by atoms with Gasteiger partial charge in [0.1, 0.15) is 44.0 Å². The number of rotatable bonds is 14. The van der Waals surface area contributed by atoms with Crippen molar-refractivity contribution in [2.24, 2.45) is 5.92 Å². The molecule has 1 fully saturated rings.